The summed E-state index contributed by atoms with van der Waals surface area (Å²) < 4.78 is 0. The van der Waals surface area contributed by atoms with Crippen LogP contribution in [0.1, 0.15) is 82.6 Å². The van der Waals surface area contributed by atoms with Gasteiger partial charge in [-0.2, -0.15) is 0 Å². The van der Waals surface area contributed by atoms with E-state index in [0.29, 0.717) is 5.78 Å². The van der Waals surface area contributed by atoms with Crippen LogP contribution in [0.15, 0.2) is 0 Å². The summed E-state index contributed by atoms with van der Waals surface area (Å²) >= 11 is 0. The van der Waals surface area contributed by atoms with Gasteiger partial charge in [0.2, 0.25) is 0 Å². The molecule has 0 saturated carbocycles. The molecule has 0 aromatic carbocycles. The van der Waals surface area contributed by atoms with Gasteiger partial charge in [0.15, 0.2) is 0 Å². The van der Waals surface area contributed by atoms with Gasteiger partial charge in [-0.15, -0.1) is 0 Å². The topological polar surface area (TPSA) is 54.4 Å². The first-order valence-electron chi connectivity index (χ1n) is 7.39. The van der Waals surface area contributed by atoms with Crippen molar-refractivity contribution in [3.8, 4) is 0 Å². The molecule has 0 bridgehead atoms. The number of carboxylic acid groups (broad SMARTS) is 1. The Labute approximate surface area is 132 Å². The lowest BCUT2D eigenvalue weighted by Crippen LogP contribution is -2.17. The van der Waals surface area contributed by atoms with Gasteiger partial charge in [-0.1, -0.05) is 62.8 Å². The van der Waals surface area contributed by atoms with E-state index >= 15 is 0 Å². The van der Waals surface area contributed by atoms with Crippen LogP contribution in [0.3, 0.4) is 0 Å². The lowest BCUT2D eigenvalue weighted by molar-refractivity contribution is -0.142. The van der Waals surface area contributed by atoms with Crippen molar-refractivity contribution in [3.63, 3.8) is 0 Å². The Morgan fingerprint density at radius 3 is 1.24 bits per heavy atom. The number of hydrogen-bond donors (Lipinski definition) is 1. The van der Waals surface area contributed by atoms with Crippen LogP contribution in [0.5, 0.6) is 0 Å². The molecule has 1 N–H and O–H groups in total. The van der Waals surface area contributed by atoms with E-state index in [1.54, 1.807) is 13.8 Å². The number of Topliss-reactive ketones (excluding diaryl/α,β-unsaturated/α-hetero) is 1. The fraction of sp³-hybridized carbons (Fsp3) is 0.889. The van der Waals surface area contributed by atoms with E-state index in [2.05, 4.69) is 20.8 Å². The number of ketones is 1. The fourth-order valence-electron chi connectivity index (χ4n) is 2.07. The maximum absolute atomic E-state index is 10.8. The van der Waals surface area contributed by atoms with Crippen molar-refractivity contribution in [2.24, 2.45) is 22.7 Å². The van der Waals surface area contributed by atoms with Gasteiger partial charge in [-0.05, 0) is 30.6 Å². The lowest BCUT2D eigenvalue weighted by Gasteiger charge is -2.21. The first kappa shape index (κ1) is 25.1. The summed E-state index contributed by atoms with van der Waals surface area (Å²) in [6, 6.07) is 0. The van der Waals surface area contributed by atoms with Gasteiger partial charge in [0, 0.05) is 5.92 Å². The Bertz CT molecular complexity index is 273. The molecule has 0 amide bonds. The minimum Gasteiger partial charge on any atom is -0.481 e. The second kappa shape index (κ2) is 9.97. The highest BCUT2D eigenvalue weighted by atomic mass is 16.4. The third kappa shape index (κ3) is 19.1. The first-order valence-corrected chi connectivity index (χ1v) is 7.39. The molecular formula is C18H38O3. The zero-order valence-corrected chi connectivity index (χ0v) is 14.8. The normalized spacial score (nSPS) is 14.1. The smallest absolute Gasteiger partial charge is 0.306 e. The first-order chi connectivity index (χ1) is 8.65. The molecule has 0 fully saturated rings. The van der Waals surface area contributed by atoms with Crippen LogP contribution >= 0.6 is 0 Å². The van der Waals surface area contributed by atoms with E-state index in [1.165, 1.54) is 0 Å². The van der Waals surface area contributed by atoms with Crippen molar-refractivity contribution in [1.82, 2.24) is 0 Å². The van der Waals surface area contributed by atoms with E-state index in [4.69, 9.17) is 5.11 Å². The zero-order chi connectivity index (χ0) is 16.7. The van der Waals surface area contributed by atoms with Crippen molar-refractivity contribution in [3.05, 3.63) is 0 Å². The van der Waals surface area contributed by atoms with Crippen LogP contribution in [0.4, 0.5) is 0 Å². The second-order valence-electron chi connectivity index (χ2n) is 8.28. The van der Waals surface area contributed by atoms with Gasteiger partial charge in [-0.25, -0.2) is 0 Å². The quantitative estimate of drug-likeness (QED) is 0.753. The third-order valence-corrected chi connectivity index (χ3v) is 2.95. The van der Waals surface area contributed by atoms with E-state index in [-0.39, 0.29) is 30.1 Å². The molecule has 3 heteroatoms. The molecule has 0 heterocycles. The maximum Gasteiger partial charge on any atom is 0.306 e. The van der Waals surface area contributed by atoms with Gasteiger partial charge in [0.25, 0.3) is 0 Å². The molecule has 0 rings (SSSR count). The predicted molar refractivity (Wildman–Crippen MR) is 91.5 cm³/mol. The van der Waals surface area contributed by atoms with Crippen LogP contribution in [0.25, 0.3) is 0 Å². The number of hydrogen-bond acceptors (Lipinski definition) is 2. The molecule has 21 heavy (non-hydrogen) atoms. The van der Waals surface area contributed by atoms with Gasteiger partial charge >= 0.3 is 5.97 Å². The Hall–Kier alpha value is -0.860. The average Bonchev–Trinajstić information content (AvgIpc) is 2.12. The van der Waals surface area contributed by atoms with Crippen LogP contribution in [-0.4, -0.2) is 16.9 Å². The van der Waals surface area contributed by atoms with Crippen LogP contribution in [0, 0.1) is 22.7 Å². The standard InChI is InChI=1S/C9H18O.C8H16O2.CH4/c1-7(8(2)10)6-9(3,4)5;1-6(7(9)10)5-8(2,3)4;/h7H,6H2,1-5H3;6H,5H2,1-4H3,(H,9,10);1H4/t7-;6-;/m01./s1. The molecule has 0 aliphatic rings. The summed E-state index contributed by atoms with van der Waals surface area (Å²) in [7, 11) is 0. The van der Waals surface area contributed by atoms with Crippen molar-refractivity contribution in [2.45, 2.75) is 82.6 Å². The van der Waals surface area contributed by atoms with Crippen molar-refractivity contribution in [2.75, 3.05) is 0 Å². The minimum atomic E-state index is -0.699. The van der Waals surface area contributed by atoms with Gasteiger partial charge in [-0.3, -0.25) is 9.59 Å². The highest BCUT2D eigenvalue weighted by Gasteiger charge is 2.19. The second-order valence-corrected chi connectivity index (χ2v) is 8.28. The summed E-state index contributed by atoms with van der Waals surface area (Å²) in [5, 5.41) is 8.55. The number of carbonyl (C=O) groups is 2. The molecule has 0 aromatic rings. The molecule has 2 atom stereocenters. The largest absolute Gasteiger partial charge is 0.481 e. The monoisotopic (exact) mass is 302 g/mol. The molecular weight excluding hydrogens is 264 g/mol. The summed E-state index contributed by atoms with van der Waals surface area (Å²) in [6.07, 6.45) is 1.73. The Morgan fingerprint density at radius 1 is 0.857 bits per heavy atom. The van der Waals surface area contributed by atoms with E-state index in [0.717, 1.165) is 12.8 Å². The third-order valence-electron chi connectivity index (χ3n) is 2.95. The molecule has 3 nitrogen and oxygen atoms in total. The van der Waals surface area contributed by atoms with Crippen molar-refractivity contribution in [1.29, 1.82) is 0 Å². The molecule has 128 valence electrons. The number of carboxylic acids is 1. The average molecular weight is 302 g/mol. The number of rotatable bonds is 4. The summed E-state index contributed by atoms with van der Waals surface area (Å²) in [5.74, 6) is -0.398. The summed E-state index contributed by atoms with van der Waals surface area (Å²) in [5.41, 5.74) is 0.406. The van der Waals surface area contributed by atoms with Crippen LogP contribution < -0.4 is 0 Å². The predicted octanol–water partition coefficient (Wildman–Crippen LogP) is 5.43. The zero-order valence-electron chi connectivity index (χ0n) is 14.8. The molecule has 0 aliphatic carbocycles. The molecule has 0 aromatic heterocycles. The fourth-order valence-corrected chi connectivity index (χ4v) is 2.07. The lowest BCUT2D eigenvalue weighted by atomic mass is 9.84. The highest BCUT2D eigenvalue weighted by molar-refractivity contribution is 5.77. The Balaban J connectivity index is -0.000000295. The summed E-state index contributed by atoms with van der Waals surface area (Å²) in [4.78, 5) is 21.2. The minimum absolute atomic E-state index is 0. The van der Waals surface area contributed by atoms with Crippen LogP contribution in [0.2, 0.25) is 0 Å². The highest BCUT2D eigenvalue weighted by Crippen LogP contribution is 2.24. The molecule has 0 saturated heterocycles. The van der Waals surface area contributed by atoms with E-state index in [9.17, 15) is 9.59 Å². The SMILES string of the molecule is C.CC(=O)[C@@H](C)CC(C)(C)C.C[C@H](CC(C)(C)C)C(=O)O. The molecule has 0 unspecified atom stereocenters. The maximum atomic E-state index is 10.8. The molecule has 0 spiro atoms. The van der Waals surface area contributed by atoms with Crippen molar-refractivity contribution >= 4 is 11.8 Å². The van der Waals surface area contributed by atoms with Crippen molar-refractivity contribution < 1.29 is 14.7 Å². The number of carbonyl (C=O) groups excluding carboxylic acids is 1. The van der Waals surface area contributed by atoms with Crippen LogP contribution in [-0.2, 0) is 9.59 Å². The summed E-state index contributed by atoms with van der Waals surface area (Å²) in [6.45, 7) is 18.0. The van der Waals surface area contributed by atoms with Gasteiger partial charge in [0.1, 0.15) is 5.78 Å². The van der Waals surface area contributed by atoms with E-state index in [1.807, 2.05) is 27.7 Å². The number of aliphatic carboxylic acids is 1. The molecule has 0 radical (unpaired) electrons. The Kier molecular flexibility index (Phi) is 11.9. The van der Waals surface area contributed by atoms with Gasteiger partial charge in [0.05, 0.1) is 5.92 Å². The van der Waals surface area contributed by atoms with Gasteiger partial charge < -0.3 is 5.11 Å². The molecule has 0 aliphatic heterocycles. The van der Waals surface area contributed by atoms with E-state index < -0.39 is 5.97 Å². The Morgan fingerprint density at radius 2 is 1.14 bits per heavy atom.